The molecular formula is C23H30F6N4. The molecule has 0 atom stereocenters. The molecule has 0 bridgehead atoms. The van der Waals surface area contributed by atoms with Crippen molar-refractivity contribution in [1.29, 1.82) is 0 Å². The zero-order valence-electron chi connectivity index (χ0n) is 19.8. The first kappa shape index (κ1) is 26.7. The summed E-state index contributed by atoms with van der Waals surface area (Å²) in [5.74, 6) is 0.558. The van der Waals surface area contributed by atoms with Gasteiger partial charge in [0.25, 0.3) is 0 Å². The number of nitrogens with zero attached hydrogens (tertiary/aromatic N) is 2. The van der Waals surface area contributed by atoms with E-state index in [1.807, 2.05) is 0 Å². The Bertz CT molecular complexity index is 988. The zero-order valence-corrected chi connectivity index (χ0v) is 19.8. The van der Waals surface area contributed by atoms with E-state index in [1.165, 1.54) is 19.1 Å². The van der Waals surface area contributed by atoms with Gasteiger partial charge in [-0.3, -0.25) is 0 Å². The largest absolute Gasteiger partial charge is 0.418 e. The minimum absolute atomic E-state index is 0.0342. The van der Waals surface area contributed by atoms with E-state index in [2.05, 4.69) is 20.6 Å². The molecule has 0 radical (unpaired) electrons. The number of halogens is 6. The van der Waals surface area contributed by atoms with E-state index in [1.54, 1.807) is 41.7 Å². The summed E-state index contributed by atoms with van der Waals surface area (Å²) in [6.07, 6.45) is -8.87. The van der Waals surface area contributed by atoms with Gasteiger partial charge in [-0.25, -0.2) is 9.97 Å². The standard InChI is InChI=1S/C23H30F6N4/c1-13-12-16(33-19(20(2,3)4)17(13)23(27,28)29)31-11-10-21(5,6)18-14(22(24,25)26)8-9-15(30-7)32-18/h8-9,12H,10-11H2,1-7H3,(H,30,32)(H,31,33). The van der Waals surface area contributed by atoms with Crippen molar-refractivity contribution in [2.45, 2.75) is 71.1 Å². The second kappa shape index (κ2) is 9.02. The Morgan fingerprint density at radius 2 is 1.39 bits per heavy atom. The predicted octanol–water partition coefficient (Wildman–Crippen LogP) is 6.94. The summed E-state index contributed by atoms with van der Waals surface area (Å²) in [6, 6.07) is 3.58. The minimum Gasteiger partial charge on any atom is -0.373 e. The monoisotopic (exact) mass is 476 g/mol. The summed E-state index contributed by atoms with van der Waals surface area (Å²) in [5, 5.41) is 5.73. The van der Waals surface area contributed by atoms with Crippen LogP contribution in [0.2, 0.25) is 0 Å². The Hall–Kier alpha value is -2.52. The third-order valence-electron chi connectivity index (χ3n) is 5.36. The smallest absolute Gasteiger partial charge is 0.373 e. The lowest BCUT2D eigenvalue weighted by Crippen LogP contribution is -2.28. The quantitative estimate of drug-likeness (QED) is 0.444. The molecule has 0 saturated carbocycles. The van der Waals surface area contributed by atoms with Crippen molar-refractivity contribution in [2.75, 3.05) is 24.2 Å². The van der Waals surface area contributed by atoms with Gasteiger partial charge in [0.2, 0.25) is 0 Å². The van der Waals surface area contributed by atoms with Crippen LogP contribution in [-0.2, 0) is 23.2 Å². The van der Waals surface area contributed by atoms with Crippen LogP contribution in [0.25, 0.3) is 0 Å². The molecule has 0 aliphatic rings. The molecule has 0 unspecified atom stereocenters. The lowest BCUT2D eigenvalue weighted by Gasteiger charge is -2.28. The highest BCUT2D eigenvalue weighted by atomic mass is 19.4. The van der Waals surface area contributed by atoms with Crippen LogP contribution in [0.5, 0.6) is 0 Å². The molecule has 0 saturated heterocycles. The second-order valence-electron chi connectivity index (χ2n) is 9.70. The fourth-order valence-electron chi connectivity index (χ4n) is 3.63. The maximum atomic E-state index is 13.6. The number of pyridine rings is 2. The van der Waals surface area contributed by atoms with Gasteiger partial charge in [-0.05, 0) is 37.1 Å². The van der Waals surface area contributed by atoms with Crippen molar-refractivity contribution >= 4 is 11.6 Å². The first-order chi connectivity index (χ1) is 14.9. The van der Waals surface area contributed by atoms with Crippen LogP contribution in [-0.4, -0.2) is 23.6 Å². The molecule has 0 spiro atoms. The molecule has 0 aliphatic heterocycles. The van der Waals surface area contributed by atoms with Crippen LogP contribution in [0.1, 0.15) is 69.1 Å². The average molecular weight is 477 g/mol. The van der Waals surface area contributed by atoms with Crippen molar-refractivity contribution in [2.24, 2.45) is 0 Å². The van der Waals surface area contributed by atoms with Crippen molar-refractivity contribution in [3.8, 4) is 0 Å². The van der Waals surface area contributed by atoms with Gasteiger partial charge in [0.05, 0.1) is 22.5 Å². The van der Waals surface area contributed by atoms with E-state index in [0.29, 0.717) is 5.82 Å². The molecular weight excluding hydrogens is 446 g/mol. The summed E-state index contributed by atoms with van der Waals surface area (Å²) < 4.78 is 81.5. The number of aromatic nitrogens is 2. The first-order valence-electron chi connectivity index (χ1n) is 10.5. The average Bonchev–Trinajstić information content (AvgIpc) is 2.64. The highest BCUT2D eigenvalue weighted by molar-refractivity contribution is 5.47. The van der Waals surface area contributed by atoms with Crippen LogP contribution in [0.3, 0.4) is 0 Å². The molecule has 2 heterocycles. The molecule has 4 nitrogen and oxygen atoms in total. The normalized spacial score (nSPS) is 13.2. The molecule has 10 heteroatoms. The Kier molecular flexibility index (Phi) is 7.31. The van der Waals surface area contributed by atoms with Gasteiger partial charge in [0, 0.05) is 24.4 Å². The fourth-order valence-corrected chi connectivity index (χ4v) is 3.63. The lowest BCUT2D eigenvalue weighted by atomic mass is 9.82. The number of aryl methyl sites for hydroxylation is 1. The predicted molar refractivity (Wildman–Crippen MR) is 118 cm³/mol. The molecule has 2 aromatic rings. The topological polar surface area (TPSA) is 49.8 Å². The minimum atomic E-state index is -4.56. The molecule has 33 heavy (non-hydrogen) atoms. The number of anilines is 2. The van der Waals surface area contributed by atoms with Gasteiger partial charge >= 0.3 is 12.4 Å². The molecule has 0 fully saturated rings. The number of nitrogens with one attached hydrogen (secondary N) is 2. The van der Waals surface area contributed by atoms with Crippen LogP contribution in [0.15, 0.2) is 18.2 Å². The summed E-state index contributed by atoms with van der Waals surface area (Å²) in [7, 11) is 1.57. The number of rotatable bonds is 6. The van der Waals surface area contributed by atoms with E-state index in [4.69, 9.17) is 0 Å². The van der Waals surface area contributed by atoms with Gasteiger partial charge in [0.1, 0.15) is 11.6 Å². The number of alkyl halides is 6. The third kappa shape index (κ3) is 6.29. The van der Waals surface area contributed by atoms with Gasteiger partial charge in [0.15, 0.2) is 0 Å². The van der Waals surface area contributed by atoms with Crippen molar-refractivity contribution in [1.82, 2.24) is 9.97 Å². The van der Waals surface area contributed by atoms with Crippen LogP contribution >= 0.6 is 0 Å². The summed E-state index contributed by atoms with van der Waals surface area (Å²) >= 11 is 0. The summed E-state index contributed by atoms with van der Waals surface area (Å²) in [6.45, 7) is 9.81. The first-order valence-corrected chi connectivity index (χ1v) is 10.5. The summed E-state index contributed by atoms with van der Waals surface area (Å²) in [5.41, 5.74) is -3.56. The maximum absolute atomic E-state index is 13.6. The van der Waals surface area contributed by atoms with Gasteiger partial charge in [-0.15, -0.1) is 0 Å². The zero-order chi connectivity index (χ0) is 25.4. The van der Waals surface area contributed by atoms with Crippen molar-refractivity contribution in [3.63, 3.8) is 0 Å². The van der Waals surface area contributed by atoms with Crippen molar-refractivity contribution in [3.05, 3.63) is 46.3 Å². The van der Waals surface area contributed by atoms with E-state index in [-0.39, 0.29) is 35.7 Å². The Morgan fingerprint density at radius 1 is 0.818 bits per heavy atom. The molecule has 2 rings (SSSR count). The SMILES string of the molecule is CNc1ccc(C(F)(F)F)c(C(C)(C)CCNc2cc(C)c(C(F)(F)F)c(C(C)(C)C)n2)n1. The Balaban J connectivity index is 2.33. The van der Waals surface area contributed by atoms with E-state index in [9.17, 15) is 26.3 Å². The van der Waals surface area contributed by atoms with E-state index >= 15 is 0 Å². The second-order valence-corrected chi connectivity index (χ2v) is 9.70. The molecule has 2 aromatic heterocycles. The summed E-state index contributed by atoms with van der Waals surface area (Å²) in [4.78, 5) is 8.37. The van der Waals surface area contributed by atoms with Crippen LogP contribution in [0.4, 0.5) is 38.0 Å². The number of hydrogen-bond donors (Lipinski definition) is 2. The molecule has 0 amide bonds. The van der Waals surface area contributed by atoms with Crippen LogP contribution < -0.4 is 10.6 Å². The third-order valence-corrected chi connectivity index (χ3v) is 5.36. The number of hydrogen-bond acceptors (Lipinski definition) is 4. The molecule has 2 N–H and O–H groups in total. The highest BCUT2D eigenvalue weighted by Crippen LogP contribution is 2.40. The van der Waals surface area contributed by atoms with Gasteiger partial charge in [-0.2, -0.15) is 26.3 Å². The highest BCUT2D eigenvalue weighted by Gasteiger charge is 2.40. The van der Waals surface area contributed by atoms with Gasteiger partial charge in [-0.1, -0.05) is 34.6 Å². The van der Waals surface area contributed by atoms with Crippen LogP contribution in [0, 0.1) is 6.92 Å². The lowest BCUT2D eigenvalue weighted by molar-refractivity contribution is -0.140. The van der Waals surface area contributed by atoms with E-state index < -0.39 is 34.3 Å². The van der Waals surface area contributed by atoms with E-state index in [0.717, 1.165) is 6.07 Å². The fraction of sp³-hybridized carbons (Fsp3) is 0.565. The molecule has 0 aromatic carbocycles. The maximum Gasteiger partial charge on any atom is 0.418 e. The Labute approximate surface area is 190 Å². The molecule has 0 aliphatic carbocycles. The Morgan fingerprint density at radius 3 is 1.88 bits per heavy atom. The van der Waals surface area contributed by atoms with Gasteiger partial charge < -0.3 is 10.6 Å². The molecule has 184 valence electrons. The van der Waals surface area contributed by atoms with Crippen molar-refractivity contribution < 1.29 is 26.3 Å².